The van der Waals surface area contributed by atoms with Gasteiger partial charge in [-0.1, -0.05) is 30.3 Å². The molecule has 1 unspecified atom stereocenters. The van der Waals surface area contributed by atoms with E-state index >= 15 is 0 Å². The van der Waals surface area contributed by atoms with Crippen LogP contribution in [0.25, 0.3) is 11.4 Å². The van der Waals surface area contributed by atoms with Crippen molar-refractivity contribution < 1.29 is 4.74 Å². The summed E-state index contributed by atoms with van der Waals surface area (Å²) in [7, 11) is 0. The molecule has 0 saturated heterocycles. The number of aromatic nitrogens is 4. The summed E-state index contributed by atoms with van der Waals surface area (Å²) in [6.07, 6.45) is -0.415. The van der Waals surface area contributed by atoms with Gasteiger partial charge in [0.2, 0.25) is 5.82 Å². The second-order valence-electron chi connectivity index (χ2n) is 3.72. The van der Waals surface area contributed by atoms with Crippen LogP contribution in [0.1, 0.15) is 6.92 Å². The van der Waals surface area contributed by atoms with Gasteiger partial charge in [0.05, 0.1) is 19.2 Å². The van der Waals surface area contributed by atoms with Gasteiger partial charge in [-0.15, -0.1) is 10.2 Å². The third kappa shape index (κ3) is 3.12. The fourth-order valence-corrected chi connectivity index (χ4v) is 1.39. The Morgan fingerprint density at radius 3 is 2.89 bits per heavy atom. The Balaban J connectivity index is 1.93. The molecule has 0 saturated carbocycles. The molecule has 6 heteroatoms. The molecule has 6 nitrogen and oxygen atoms in total. The average molecular weight is 243 g/mol. The first-order valence-electron chi connectivity index (χ1n) is 5.64. The van der Waals surface area contributed by atoms with Crippen LogP contribution >= 0.6 is 0 Å². The first-order chi connectivity index (χ1) is 8.79. The van der Waals surface area contributed by atoms with Crippen molar-refractivity contribution in [3.05, 3.63) is 30.3 Å². The minimum absolute atomic E-state index is 0.388. The molecule has 0 N–H and O–H groups in total. The Kier molecular flexibility index (Phi) is 3.99. The molecule has 92 valence electrons. The molecular formula is C12H13N5O. The van der Waals surface area contributed by atoms with Crippen LogP contribution in [0, 0.1) is 11.3 Å². The van der Waals surface area contributed by atoms with Crippen molar-refractivity contribution >= 4 is 0 Å². The highest BCUT2D eigenvalue weighted by molar-refractivity contribution is 5.52. The summed E-state index contributed by atoms with van der Waals surface area (Å²) >= 11 is 0. The van der Waals surface area contributed by atoms with E-state index in [0.29, 0.717) is 19.0 Å². The van der Waals surface area contributed by atoms with E-state index in [1.807, 2.05) is 36.4 Å². The Morgan fingerprint density at radius 2 is 2.17 bits per heavy atom. The zero-order chi connectivity index (χ0) is 12.8. The van der Waals surface area contributed by atoms with Crippen LogP contribution in [0.15, 0.2) is 30.3 Å². The zero-order valence-electron chi connectivity index (χ0n) is 10.0. The van der Waals surface area contributed by atoms with E-state index < -0.39 is 6.10 Å². The minimum Gasteiger partial charge on any atom is -0.362 e. The standard InChI is InChI=1S/C12H13N5O/c1-10(9-13)18-8-7-17-15-12(14-16-17)11-5-3-2-4-6-11/h2-6,10H,7-8H2,1H3. The second kappa shape index (κ2) is 5.89. The number of ether oxygens (including phenoxy) is 1. The number of benzene rings is 1. The van der Waals surface area contributed by atoms with Gasteiger partial charge in [0.1, 0.15) is 6.10 Å². The summed E-state index contributed by atoms with van der Waals surface area (Å²) in [6, 6.07) is 11.6. The van der Waals surface area contributed by atoms with E-state index in [1.165, 1.54) is 4.80 Å². The molecule has 18 heavy (non-hydrogen) atoms. The molecule has 0 radical (unpaired) electrons. The number of nitrogens with zero attached hydrogens (tertiary/aromatic N) is 5. The van der Waals surface area contributed by atoms with Crippen LogP contribution in [-0.4, -0.2) is 32.9 Å². The highest BCUT2D eigenvalue weighted by atomic mass is 16.5. The van der Waals surface area contributed by atoms with Gasteiger partial charge in [0, 0.05) is 5.56 Å². The van der Waals surface area contributed by atoms with Crippen molar-refractivity contribution in [1.82, 2.24) is 20.2 Å². The predicted molar refractivity (Wildman–Crippen MR) is 64.3 cm³/mol. The van der Waals surface area contributed by atoms with Crippen LogP contribution in [0.4, 0.5) is 0 Å². The summed E-state index contributed by atoms with van der Waals surface area (Å²) in [5.74, 6) is 0.587. The number of hydrogen-bond donors (Lipinski definition) is 0. The predicted octanol–water partition coefficient (Wildman–Crippen LogP) is 1.27. The molecule has 0 amide bonds. The zero-order valence-corrected chi connectivity index (χ0v) is 10.0. The molecule has 0 aliphatic rings. The minimum atomic E-state index is -0.415. The van der Waals surface area contributed by atoms with E-state index in [0.717, 1.165) is 5.56 Å². The van der Waals surface area contributed by atoms with Gasteiger partial charge in [0.15, 0.2) is 0 Å². The molecule has 1 atom stereocenters. The van der Waals surface area contributed by atoms with Crippen molar-refractivity contribution in [3.63, 3.8) is 0 Å². The van der Waals surface area contributed by atoms with Crippen molar-refractivity contribution in [3.8, 4) is 17.5 Å². The van der Waals surface area contributed by atoms with Crippen molar-refractivity contribution in [2.24, 2.45) is 0 Å². The molecule has 0 aliphatic heterocycles. The maximum Gasteiger partial charge on any atom is 0.204 e. The highest BCUT2D eigenvalue weighted by Gasteiger charge is 2.05. The number of tetrazole rings is 1. The van der Waals surface area contributed by atoms with Crippen LogP contribution in [0.2, 0.25) is 0 Å². The normalized spacial score (nSPS) is 12.0. The molecule has 0 bridgehead atoms. The van der Waals surface area contributed by atoms with Crippen LogP contribution in [0.5, 0.6) is 0 Å². The number of nitriles is 1. The van der Waals surface area contributed by atoms with Gasteiger partial charge in [-0.2, -0.15) is 10.1 Å². The summed E-state index contributed by atoms with van der Waals surface area (Å²) in [5, 5.41) is 20.7. The number of hydrogen-bond acceptors (Lipinski definition) is 5. The average Bonchev–Trinajstić information content (AvgIpc) is 2.88. The molecule has 2 aromatic rings. The quantitative estimate of drug-likeness (QED) is 0.790. The Bertz CT molecular complexity index is 531. The number of rotatable bonds is 5. The van der Waals surface area contributed by atoms with E-state index in [-0.39, 0.29) is 0 Å². The molecule has 1 heterocycles. The smallest absolute Gasteiger partial charge is 0.204 e. The van der Waals surface area contributed by atoms with E-state index in [4.69, 9.17) is 10.00 Å². The monoisotopic (exact) mass is 243 g/mol. The lowest BCUT2D eigenvalue weighted by Gasteiger charge is -2.03. The molecule has 0 fully saturated rings. The molecule has 1 aromatic heterocycles. The summed E-state index contributed by atoms with van der Waals surface area (Å²) in [4.78, 5) is 1.46. The molecule has 0 spiro atoms. The Morgan fingerprint density at radius 1 is 1.39 bits per heavy atom. The van der Waals surface area contributed by atoms with E-state index in [2.05, 4.69) is 15.4 Å². The van der Waals surface area contributed by atoms with Gasteiger partial charge in [-0.05, 0) is 12.1 Å². The lowest BCUT2D eigenvalue weighted by Crippen LogP contribution is -2.13. The maximum atomic E-state index is 8.56. The van der Waals surface area contributed by atoms with Gasteiger partial charge < -0.3 is 4.74 Å². The van der Waals surface area contributed by atoms with Crippen LogP contribution in [-0.2, 0) is 11.3 Å². The fraction of sp³-hybridized carbons (Fsp3) is 0.333. The largest absolute Gasteiger partial charge is 0.362 e. The van der Waals surface area contributed by atoms with Crippen LogP contribution < -0.4 is 0 Å². The lowest BCUT2D eigenvalue weighted by atomic mass is 10.2. The topological polar surface area (TPSA) is 76.6 Å². The van der Waals surface area contributed by atoms with Gasteiger partial charge in [-0.3, -0.25) is 0 Å². The highest BCUT2D eigenvalue weighted by Crippen LogP contribution is 2.11. The maximum absolute atomic E-state index is 8.56. The van der Waals surface area contributed by atoms with Crippen molar-refractivity contribution in [2.75, 3.05) is 6.61 Å². The first kappa shape index (κ1) is 12.2. The van der Waals surface area contributed by atoms with E-state index in [1.54, 1.807) is 6.92 Å². The second-order valence-corrected chi connectivity index (χ2v) is 3.72. The van der Waals surface area contributed by atoms with Gasteiger partial charge in [-0.25, -0.2) is 0 Å². The van der Waals surface area contributed by atoms with Gasteiger partial charge in [0.25, 0.3) is 0 Å². The van der Waals surface area contributed by atoms with Crippen molar-refractivity contribution in [1.29, 1.82) is 5.26 Å². The Labute approximate surface area is 105 Å². The molecule has 2 rings (SSSR count). The molecule has 0 aliphatic carbocycles. The fourth-order valence-electron chi connectivity index (χ4n) is 1.39. The van der Waals surface area contributed by atoms with Crippen LogP contribution in [0.3, 0.4) is 0 Å². The Hall–Kier alpha value is -2.26. The molecule has 1 aromatic carbocycles. The van der Waals surface area contributed by atoms with Crippen molar-refractivity contribution in [2.45, 2.75) is 19.6 Å². The summed E-state index contributed by atoms with van der Waals surface area (Å²) < 4.78 is 5.22. The lowest BCUT2D eigenvalue weighted by molar-refractivity contribution is 0.0903. The summed E-state index contributed by atoms with van der Waals surface area (Å²) in [6.45, 7) is 2.56. The van der Waals surface area contributed by atoms with E-state index in [9.17, 15) is 0 Å². The summed E-state index contributed by atoms with van der Waals surface area (Å²) in [5.41, 5.74) is 0.926. The SMILES string of the molecule is CC(C#N)OCCn1nnc(-c2ccccc2)n1. The third-order valence-corrected chi connectivity index (χ3v) is 2.33. The third-order valence-electron chi connectivity index (χ3n) is 2.33. The first-order valence-corrected chi connectivity index (χ1v) is 5.64. The molecular weight excluding hydrogens is 230 g/mol. The van der Waals surface area contributed by atoms with Gasteiger partial charge >= 0.3 is 0 Å².